The summed E-state index contributed by atoms with van der Waals surface area (Å²) in [4.78, 5) is 0. The molecule has 0 aliphatic rings. The Labute approximate surface area is 130 Å². The Morgan fingerprint density at radius 2 is 1.80 bits per heavy atom. The number of hydrogen-bond donors (Lipinski definition) is 1. The molecule has 5 heteroatoms. The van der Waals surface area contributed by atoms with Gasteiger partial charge in [-0.1, -0.05) is 46.6 Å². The molecule has 2 aromatic carbocycles. The van der Waals surface area contributed by atoms with Gasteiger partial charge < -0.3 is 5.32 Å². The minimum absolute atomic E-state index is 0.211. The van der Waals surface area contributed by atoms with Gasteiger partial charge in [-0.3, -0.25) is 0 Å². The fraction of sp³-hybridized carbons (Fsp3) is 0.200. The van der Waals surface area contributed by atoms with Gasteiger partial charge in [0, 0.05) is 10.0 Å². The molecule has 1 atom stereocenters. The lowest BCUT2D eigenvalue weighted by Crippen LogP contribution is -2.23. The largest absolute Gasteiger partial charge is 0.306 e. The van der Waals surface area contributed by atoms with E-state index < -0.39 is 17.7 Å². The van der Waals surface area contributed by atoms with Crippen LogP contribution >= 0.6 is 27.5 Å². The second-order valence-electron chi connectivity index (χ2n) is 4.33. The van der Waals surface area contributed by atoms with Crippen molar-refractivity contribution in [3.05, 3.63) is 68.7 Å². The third-order valence-electron chi connectivity index (χ3n) is 2.96. The molecule has 0 amide bonds. The Morgan fingerprint density at radius 3 is 2.40 bits per heavy atom. The summed E-state index contributed by atoms with van der Waals surface area (Å²) >= 11 is 8.95. The van der Waals surface area contributed by atoms with Crippen LogP contribution < -0.4 is 5.32 Å². The molecule has 0 heterocycles. The molecular weight excluding hydrogens is 348 g/mol. The highest BCUT2D eigenvalue weighted by Gasteiger charge is 2.19. The van der Waals surface area contributed by atoms with Crippen molar-refractivity contribution in [1.29, 1.82) is 0 Å². The molecule has 0 saturated carbocycles. The van der Waals surface area contributed by atoms with Crippen LogP contribution in [0.25, 0.3) is 0 Å². The van der Waals surface area contributed by atoms with Gasteiger partial charge in [-0.05, 0) is 36.4 Å². The maximum atomic E-state index is 14.1. The Morgan fingerprint density at radius 1 is 1.15 bits per heavy atom. The van der Waals surface area contributed by atoms with Crippen molar-refractivity contribution in [2.24, 2.45) is 0 Å². The Balaban J connectivity index is 2.48. The van der Waals surface area contributed by atoms with E-state index in [1.807, 2.05) is 31.2 Å². The number of nitrogens with one attached hydrogen (secondary N) is 1. The summed E-state index contributed by atoms with van der Waals surface area (Å²) in [5.74, 6) is -1.15. The predicted molar refractivity (Wildman–Crippen MR) is 81.0 cm³/mol. The van der Waals surface area contributed by atoms with Crippen molar-refractivity contribution in [2.75, 3.05) is 6.54 Å². The van der Waals surface area contributed by atoms with E-state index in [9.17, 15) is 8.78 Å². The molecule has 0 bridgehead atoms. The number of halogens is 4. The lowest BCUT2D eigenvalue weighted by molar-refractivity contribution is 0.545. The maximum absolute atomic E-state index is 14.1. The van der Waals surface area contributed by atoms with E-state index in [1.54, 1.807) is 0 Å². The average Bonchev–Trinajstić information content (AvgIpc) is 2.42. The molecule has 0 aliphatic heterocycles. The predicted octanol–water partition coefficient (Wildman–Crippen LogP) is 5.08. The molecular formula is C15H13BrClF2N. The zero-order valence-corrected chi connectivity index (χ0v) is 13.1. The van der Waals surface area contributed by atoms with Crippen LogP contribution in [0.15, 0.2) is 40.9 Å². The van der Waals surface area contributed by atoms with Gasteiger partial charge in [0.25, 0.3) is 0 Å². The third-order valence-corrected chi connectivity index (χ3v) is 3.78. The first kappa shape index (κ1) is 15.4. The fourth-order valence-corrected chi connectivity index (χ4v) is 2.44. The highest BCUT2D eigenvalue weighted by atomic mass is 79.9. The molecule has 0 saturated heterocycles. The summed E-state index contributed by atoms with van der Waals surface area (Å²) in [5.41, 5.74) is 1.10. The summed E-state index contributed by atoms with van der Waals surface area (Å²) in [5, 5.41) is 2.95. The van der Waals surface area contributed by atoms with E-state index in [-0.39, 0.29) is 10.6 Å². The number of rotatable bonds is 4. The molecule has 2 rings (SSSR count). The third kappa shape index (κ3) is 3.37. The molecule has 106 valence electrons. The first-order valence-corrected chi connectivity index (χ1v) is 7.33. The molecule has 0 spiro atoms. The Kier molecular flexibility index (Phi) is 5.13. The first-order valence-electron chi connectivity index (χ1n) is 6.16. The van der Waals surface area contributed by atoms with Crippen molar-refractivity contribution in [2.45, 2.75) is 13.0 Å². The second kappa shape index (κ2) is 6.66. The highest BCUT2D eigenvalue weighted by molar-refractivity contribution is 9.10. The standard InChI is InChI=1S/C15H13BrClF2N/c1-2-20-15(9-3-5-10(16)6-4-9)11-7-14(19)12(17)8-13(11)18/h3-8,15,20H,2H2,1H3. The summed E-state index contributed by atoms with van der Waals surface area (Å²) in [6.07, 6.45) is 0. The zero-order valence-electron chi connectivity index (χ0n) is 10.8. The molecule has 20 heavy (non-hydrogen) atoms. The van der Waals surface area contributed by atoms with E-state index in [4.69, 9.17) is 11.6 Å². The van der Waals surface area contributed by atoms with Crippen LogP contribution in [0, 0.1) is 11.6 Å². The van der Waals surface area contributed by atoms with Crippen LogP contribution in [0.2, 0.25) is 5.02 Å². The first-order chi connectivity index (χ1) is 9.52. The van der Waals surface area contributed by atoms with Gasteiger partial charge in [-0.15, -0.1) is 0 Å². The Bertz CT molecular complexity index is 602. The van der Waals surface area contributed by atoms with Crippen LogP contribution in [-0.4, -0.2) is 6.54 Å². The molecule has 0 aliphatic carbocycles. The summed E-state index contributed by atoms with van der Waals surface area (Å²) < 4.78 is 28.6. The van der Waals surface area contributed by atoms with Crippen LogP contribution in [0.1, 0.15) is 24.1 Å². The van der Waals surface area contributed by atoms with E-state index in [0.717, 1.165) is 22.2 Å². The van der Waals surface area contributed by atoms with E-state index in [1.165, 1.54) is 0 Å². The van der Waals surface area contributed by atoms with Gasteiger partial charge in [0.15, 0.2) is 0 Å². The number of hydrogen-bond acceptors (Lipinski definition) is 1. The monoisotopic (exact) mass is 359 g/mol. The van der Waals surface area contributed by atoms with Crippen LogP contribution in [0.5, 0.6) is 0 Å². The minimum Gasteiger partial charge on any atom is -0.306 e. The smallest absolute Gasteiger partial charge is 0.142 e. The fourth-order valence-electron chi connectivity index (χ4n) is 2.03. The summed E-state index contributed by atoms with van der Waals surface area (Å²) in [6, 6.07) is 9.20. The van der Waals surface area contributed by atoms with Gasteiger partial charge >= 0.3 is 0 Å². The molecule has 2 aromatic rings. The van der Waals surface area contributed by atoms with Gasteiger partial charge in [-0.2, -0.15) is 0 Å². The Hall–Kier alpha value is -0.970. The molecule has 1 nitrogen and oxygen atoms in total. The summed E-state index contributed by atoms with van der Waals surface area (Å²) in [6.45, 7) is 2.54. The molecule has 0 radical (unpaired) electrons. The van der Waals surface area contributed by atoms with Crippen molar-refractivity contribution < 1.29 is 8.78 Å². The molecule has 1 unspecified atom stereocenters. The second-order valence-corrected chi connectivity index (χ2v) is 5.65. The minimum atomic E-state index is -0.622. The van der Waals surface area contributed by atoms with Crippen LogP contribution in [0.4, 0.5) is 8.78 Å². The summed E-state index contributed by atoms with van der Waals surface area (Å²) in [7, 11) is 0. The van der Waals surface area contributed by atoms with E-state index in [2.05, 4.69) is 21.2 Å². The highest BCUT2D eigenvalue weighted by Crippen LogP contribution is 2.29. The van der Waals surface area contributed by atoms with Crippen molar-refractivity contribution in [1.82, 2.24) is 5.32 Å². The average molecular weight is 361 g/mol. The van der Waals surface area contributed by atoms with Gasteiger partial charge in [-0.25, -0.2) is 8.78 Å². The van der Waals surface area contributed by atoms with E-state index in [0.29, 0.717) is 6.54 Å². The normalized spacial score (nSPS) is 12.4. The van der Waals surface area contributed by atoms with Crippen molar-refractivity contribution in [3.8, 4) is 0 Å². The lowest BCUT2D eigenvalue weighted by atomic mass is 9.98. The maximum Gasteiger partial charge on any atom is 0.142 e. The van der Waals surface area contributed by atoms with Crippen molar-refractivity contribution in [3.63, 3.8) is 0 Å². The molecule has 0 aromatic heterocycles. The van der Waals surface area contributed by atoms with Crippen LogP contribution in [0.3, 0.4) is 0 Å². The quantitative estimate of drug-likeness (QED) is 0.750. The lowest BCUT2D eigenvalue weighted by Gasteiger charge is -2.20. The van der Waals surface area contributed by atoms with Gasteiger partial charge in [0.05, 0.1) is 11.1 Å². The van der Waals surface area contributed by atoms with Gasteiger partial charge in [0.2, 0.25) is 0 Å². The SMILES string of the molecule is CCNC(c1ccc(Br)cc1)c1cc(F)c(Cl)cc1F. The molecule has 1 N–H and O–H groups in total. The van der Waals surface area contributed by atoms with E-state index >= 15 is 0 Å². The zero-order chi connectivity index (χ0) is 14.7. The van der Waals surface area contributed by atoms with Gasteiger partial charge in [0.1, 0.15) is 11.6 Å². The van der Waals surface area contributed by atoms with Crippen molar-refractivity contribution >= 4 is 27.5 Å². The topological polar surface area (TPSA) is 12.0 Å². The van der Waals surface area contributed by atoms with Crippen LogP contribution in [-0.2, 0) is 0 Å². The molecule has 0 fully saturated rings. The number of benzene rings is 2.